The van der Waals surface area contributed by atoms with Crippen LogP contribution in [0.1, 0.15) is 10.1 Å². The SMILES string of the molecule is O=S1CCSC1c1ccc(Cl)cc1. The molecule has 0 spiro atoms. The van der Waals surface area contributed by atoms with Crippen molar-refractivity contribution in [3.05, 3.63) is 34.9 Å². The van der Waals surface area contributed by atoms with E-state index in [1.165, 1.54) is 0 Å². The van der Waals surface area contributed by atoms with E-state index >= 15 is 0 Å². The number of thioether (sulfide) groups is 1. The Morgan fingerprint density at radius 2 is 2.08 bits per heavy atom. The zero-order chi connectivity index (χ0) is 9.26. The number of hydrogen-bond donors (Lipinski definition) is 0. The van der Waals surface area contributed by atoms with E-state index in [0.29, 0.717) is 0 Å². The molecule has 2 rings (SSSR count). The Morgan fingerprint density at radius 1 is 1.38 bits per heavy atom. The molecule has 2 unspecified atom stereocenters. The van der Waals surface area contributed by atoms with E-state index in [9.17, 15) is 4.21 Å². The van der Waals surface area contributed by atoms with Gasteiger partial charge in [0, 0.05) is 27.3 Å². The maximum atomic E-state index is 11.5. The summed E-state index contributed by atoms with van der Waals surface area (Å²) in [6, 6.07) is 7.63. The van der Waals surface area contributed by atoms with Gasteiger partial charge in [-0.25, -0.2) is 0 Å². The summed E-state index contributed by atoms with van der Waals surface area (Å²) in [4.78, 5) is 0. The molecule has 1 aliphatic heterocycles. The maximum Gasteiger partial charge on any atom is 0.105 e. The fourth-order valence-corrected chi connectivity index (χ4v) is 4.88. The zero-order valence-corrected chi connectivity index (χ0v) is 9.29. The van der Waals surface area contributed by atoms with E-state index in [1.807, 2.05) is 24.3 Å². The average molecular weight is 233 g/mol. The normalized spacial score (nSPS) is 27.8. The van der Waals surface area contributed by atoms with Gasteiger partial charge in [-0.1, -0.05) is 23.7 Å². The topological polar surface area (TPSA) is 17.1 Å². The Kier molecular flexibility index (Phi) is 2.96. The van der Waals surface area contributed by atoms with E-state index in [4.69, 9.17) is 11.6 Å². The van der Waals surface area contributed by atoms with Crippen LogP contribution in [0.4, 0.5) is 0 Å². The second kappa shape index (κ2) is 4.03. The smallest absolute Gasteiger partial charge is 0.105 e. The molecule has 0 saturated carbocycles. The molecule has 1 aliphatic rings. The van der Waals surface area contributed by atoms with E-state index in [2.05, 4.69) is 0 Å². The van der Waals surface area contributed by atoms with Crippen molar-refractivity contribution in [3.63, 3.8) is 0 Å². The van der Waals surface area contributed by atoms with E-state index in [1.54, 1.807) is 11.8 Å². The third-order valence-electron chi connectivity index (χ3n) is 1.93. The molecule has 0 bridgehead atoms. The van der Waals surface area contributed by atoms with Crippen molar-refractivity contribution in [1.29, 1.82) is 0 Å². The molecule has 4 heteroatoms. The average Bonchev–Trinajstić information content (AvgIpc) is 2.53. The molecule has 0 aromatic heterocycles. The Bertz CT molecular complexity index is 323. The number of rotatable bonds is 1. The minimum absolute atomic E-state index is 0.164. The Balaban J connectivity index is 2.25. The first-order valence-corrected chi connectivity index (χ1v) is 6.82. The molecular formula is C9H9ClOS2. The van der Waals surface area contributed by atoms with Crippen LogP contribution < -0.4 is 0 Å². The summed E-state index contributed by atoms with van der Waals surface area (Å²) in [6.45, 7) is 0. The van der Waals surface area contributed by atoms with Crippen molar-refractivity contribution in [1.82, 2.24) is 0 Å². The zero-order valence-electron chi connectivity index (χ0n) is 6.90. The van der Waals surface area contributed by atoms with Crippen LogP contribution in [0.2, 0.25) is 5.02 Å². The highest BCUT2D eigenvalue weighted by Gasteiger charge is 2.24. The van der Waals surface area contributed by atoms with E-state index in [0.717, 1.165) is 22.1 Å². The third-order valence-corrected chi connectivity index (χ3v) is 5.87. The van der Waals surface area contributed by atoms with Crippen molar-refractivity contribution < 1.29 is 4.21 Å². The molecule has 0 aliphatic carbocycles. The van der Waals surface area contributed by atoms with Gasteiger partial charge in [-0.2, -0.15) is 0 Å². The highest BCUT2D eigenvalue weighted by Crippen LogP contribution is 2.37. The Labute approximate surface area is 89.3 Å². The highest BCUT2D eigenvalue weighted by atomic mass is 35.5. The van der Waals surface area contributed by atoms with Crippen LogP contribution >= 0.6 is 23.4 Å². The lowest BCUT2D eigenvalue weighted by Crippen LogP contribution is -1.97. The quantitative estimate of drug-likeness (QED) is 0.741. The van der Waals surface area contributed by atoms with Crippen molar-refractivity contribution in [2.24, 2.45) is 0 Å². The highest BCUT2D eigenvalue weighted by molar-refractivity contribution is 8.13. The third kappa shape index (κ3) is 2.09. The standard InChI is InChI=1S/C9H9ClOS2/c10-8-3-1-7(2-4-8)9-12-5-6-13(9)11/h1-4,9H,5-6H2. The molecule has 2 atom stereocenters. The first kappa shape index (κ1) is 9.56. The summed E-state index contributed by atoms with van der Waals surface area (Å²) >= 11 is 7.54. The molecule has 1 saturated heterocycles. The fourth-order valence-electron chi connectivity index (χ4n) is 1.29. The summed E-state index contributed by atoms with van der Waals surface area (Å²) in [5.41, 5.74) is 1.13. The number of benzene rings is 1. The lowest BCUT2D eigenvalue weighted by atomic mass is 10.2. The summed E-state index contributed by atoms with van der Waals surface area (Å²) in [5.74, 6) is 1.82. The molecule has 1 aromatic rings. The lowest BCUT2D eigenvalue weighted by Gasteiger charge is -2.07. The van der Waals surface area contributed by atoms with Crippen LogP contribution in [0.15, 0.2) is 24.3 Å². The van der Waals surface area contributed by atoms with Gasteiger partial charge in [0.25, 0.3) is 0 Å². The summed E-state index contributed by atoms with van der Waals surface area (Å²) in [7, 11) is -0.698. The van der Waals surface area contributed by atoms with Crippen molar-refractivity contribution in [3.8, 4) is 0 Å². The Morgan fingerprint density at radius 3 is 2.62 bits per heavy atom. The van der Waals surface area contributed by atoms with Gasteiger partial charge in [0.05, 0.1) is 0 Å². The van der Waals surface area contributed by atoms with Gasteiger partial charge < -0.3 is 0 Å². The number of hydrogen-bond acceptors (Lipinski definition) is 2. The van der Waals surface area contributed by atoms with Gasteiger partial charge in [-0.3, -0.25) is 4.21 Å². The van der Waals surface area contributed by atoms with Gasteiger partial charge >= 0.3 is 0 Å². The van der Waals surface area contributed by atoms with Crippen molar-refractivity contribution in [2.75, 3.05) is 11.5 Å². The van der Waals surface area contributed by atoms with Crippen LogP contribution in [0, 0.1) is 0 Å². The predicted octanol–water partition coefficient (Wildman–Crippen LogP) is 2.83. The second-order valence-corrected chi connectivity index (χ2v) is 6.43. The summed E-state index contributed by atoms with van der Waals surface area (Å²) in [5, 5.41) is 0.734. The first-order chi connectivity index (χ1) is 6.27. The van der Waals surface area contributed by atoms with Crippen LogP contribution in [-0.2, 0) is 10.8 Å². The molecular weight excluding hydrogens is 224 g/mol. The van der Waals surface area contributed by atoms with Crippen LogP contribution in [0.5, 0.6) is 0 Å². The van der Waals surface area contributed by atoms with Gasteiger partial charge in [0.15, 0.2) is 0 Å². The lowest BCUT2D eigenvalue weighted by molar-refractivity contribution is 0.684. The van der Waals surface area contributed by atoms with E-state index in [-0.39, 0.29) is 4.58 Å². The molecule has 0 amide bonds. The van der Waals surface area contributed by atoms with Crippen LogP contribution in [-0.4, -0.2) is 15.7 Å². The molecule has 13 heavy (non-hydrogen) atoms. The first-order valence-electron chi connectivity index (χ1n) is 4.01. The van der Waals surface area contributed by atoms with Gasteiger partial charge in [-0.15, -0.1) is 11.8 Å². The summed E-state index contributed by atoms with van der Waals surface area (Å²) < 4.78 is 11.7. The molecule has 1 nitrogen and oxygen atoms in total. The molecule has 70 valence electrons. The monoisotopic (exact) mass is 232 g/mol. The van der Waals surface area contributed by atoms with Crippen LogP contribution in [0.3, 0.4) is 0 Å². The largest absolute Gasteiger partial charge is 0.258 e. The Hall–Kier alpha value is 0.01000. The van der Waals surface area contributed by atoms with E-state index < -0.39 is 10.8 Å². The molecule has 0 radical (unpaired) electrons. The minimum atomic E-state index is -0.698. The van der Waals surface area contributed by atoms with Crippen molar-refractivity contribution in [2.45, 2.75) is 4.58 Å². The van der Waals surface area contributed by atoms with Gasteiger partial charge in [0.1, 0.15) is 4.58 Å². The van der Waals surface area contributed by atoms with Crippen molar-refractivity contribution >= 4 is 34.2 Å². The fraction of sp³-hybridized carbons (Fsp3) is 0.333. The van der Waals surface area contributed by atoms with Gasteiger partial charge in [0.2, 0.25) is 0 Å². The maximum absolute atomic E-state index is 11.5. The number of halogens is 1. The summed E-state index contributed by atoms with van der Waals surface area (Å²) in [6.07, 6.45) is 0. The minimum Gasteiger partial charge on any atom is -0.258 e. The van der Waals surface area contributed by atoms with Crippen LogP contribution in [0.25, 0.3) is 0 Å². The molecule has 1 aromatic carbocycles. The molecule has 1 heterocycles. The molecule has 1 fully saturated rings. The van der Waals surface area contributed by atoms with Gasteiger partial charge in [-0.05, 0) is 17.7 Å². The second-order valence-electron chi connectivity index (χ2n) is 2.84. The predicted molar refractivity (Wildman–Crippen MR) is 59.7 cm³/mol. The molecule has 0 N–H and O–H groups in total.